The number of hydrogen-bond acceptors (Lipinski definition) is 6. The molecule has 1 heterocycles. The molecule has 1 aliphatic heterocycles. The lowest BCUT2D eigenvalue weighted by molar-refractivity contribution is -0.138. The molecule has 0 aromatic heterocycles. The van der Waals surface area contributed by atoms with Crippen molar-refractivity contribution in [2.24, 2.45) is 0 Å². The molecule has 0 bridgehead atoms. The number of likely N-dealkylation sites (tertiary alicyclic amines) is 1. The SMILES string of the molecule is CONC(=O)C1C(OC)CCN1C(=O)c1cccc(COc2ccc(-c3cc(F)c(F)cc3SC)cc2)c1. The van der Waals surface area contributed by atoms with Crippen molar-refractivity contribution >= 4 is 23.6 Å². The molecular weight excluding hydrogens is 514 g/mol. The fourth-order valence-corrected chi connectivity index (χ4v) is 5.11. The van der Waals surface area contributed by atoms with Gasteiger partial charge in [0.15, 0.2) is 11.6 Å². The van der Waals surface area contributed by atoms with Gasteiger partial charge in [-0.1, -0.05) is 24.3 Å². The summed E-state index contributed by atoms with van der Waals surface area (Å²) in [5.41, 5.74) is 4.83. The Kier molecular flexibility index (Phi) is 8.98. The van der Waals surface area contributed by atoms with Gasteiger partial charge >= 0.3 is 0 Å². The number of ether oxygens (including phenoxy) is 2. The molecule has 7 nitrogen and oxygen atoms in total. The molecule has 1 aliphatic rings. The number of carbonyl (C=O) groups is 2. The smallest absolute Gasteiger partial charge is 0.269 e. The van der Waals surface area contributed by atoms with Crippen LogP contribution < -0.4 is 10.2 Å². The molecule has 10 heteroatoms. The molecule has 200 valence electrons. The predicted octanol–water partition coefficient (Wildman–Crippen LogP) is 4.84. The summed E-state index contributed by atoms with van der Waals surface area (Å²) in [7, 11) is 2.85. The van der Waals surface area contributed by atoms with E-state index in [0.717, 1.165) is 11.1 Å². The van der Waals surface area contributed by atoms with E-state index in [1.807, 2.05) is 6.07 Å². The highest BCUT2D eigenvalue weighted by Crippen LogP contribution is 2.33. The molecule has 2 amide bonds. The fraction of sp³-hybridized carbons (Fsp3) is 0.286. The standard InChI is InChI=1S/C28H28F2N2O5S/c1-35-24-11-12-32(26(24)27(33)31-36-2)28(34)19-6-4-5-17(13-19)16-37-20-9-7-18(8-10-20)21-14-22(29)23(30)15-25(21)38-3/h4-10,13-15,24,26H,11-12,16H2,1-3H3,(H,31,33). The summed E-state index contributed by atoms with van der Waals surface area (Å²) in [6.45, 7) is 0.582. The second-order valence-corrected chi connectivity index (χ2v) is 9.50. The molecule has 4 rings (SSSR count). The van der Waals surface area contributed by atoms with E-state index in [1.54, 1.807) is 48.7 Å². The van der Waals surface area contributed by atoms with E-state index < -0.39 is 29.7 Å². The Hall–Kier alpha value is -3.47. The van der Waals surface area contributed by atoms with Gasteiger partial charge in [0.1, 0.15) is 18.4 Å². The van der Waals surface area contributed by atoms with E-state index in [1.165, 1.54) is 43.0 Å². The Morgan fingerprint density at radius 2 is 1.79 bits per heavy atom. The highest BCUT2D eigenvalue weighted by molar-refractivity contribution is 7.98. The first-order chi connectivity index (χ1) is 18.4. The Labute approximate surface area is 224 Å². The molecule has 1 saturated heterocycles. The summed E-state index contributed by atoms with van der Waals surface area (Å²) in [5, 5.41) is 0. The summed E-state index contributed by atoms with van der Waals surface area (Å²) in [4.78, 5) is 32.7. The van der Waals surface area contributed by atoms with E-state index in [0.29, 0.717) is 34.7 Å². The van der Waals surface area contributed by atoms with Crippen molar-refractivity contribution in [3.05, 3.63) is 83.4 Å². The Bertz CT molecular complexity index is 1300. The zero-order valence-electron chi connectivity index (χ0n) is 21.2. The maximum absolute atomic E-state index is 13.8. The number of methoxy groups -OCH3 is 1. The van der Waals surface area contributed by atoms with Gasteiger partial charge in [-0.25, -0.2) is 14.3 Å². The highest BCUT2D eigenvalue weighted by atomic mass is 32.2. The summed E-state index contributed by atoms with van der Waals surface area (Å²) >= 11 is 1.34. The topological polar surface area (TPSA) is 77.1 Å². The number of hydroxylamine groups is 1. The van der Waals surface area contributed by atoms with Gasteiger partial charge in [0, 0.05) is 24.1 Å². The van der Waals surface area contributed by atoms with Gasteiger partial charge in [-0.2, -0.15) is 0 Å². The van der Waals surface area contributed by atoms with Gasteiger partial charge in [-0.15, -0.1) is 11.8 Å². The summed E-state index contributed by atoms with van der Waals surface area (Å²) in [6, 6.07) is 15.7. The molecule has 38 heavy (non-hydrogen) atoms. The molecule has 2 unspecified atom stereocenters. The molecule has 1 N–H and O–H groups in total. The summed E-state index contributed by atoms with van der Waals surface area (Å²) in [5.74, 6) is -1.93. The first kappa shape index (κ1) is 27.6. The Morgan fingerprint density at radius 1 is 1.05 bits per heavy atom. The van der Waals surface area contributed by atoms with Crippen molar-refractivity contribution in [1.29, 1.82) is 0 Å². The first-order valence-corrected chi connectivity index (χ1v) is 13.1. The monoisotopic (exact) mass is 542 g/mol. The number of halogens is 2. The van der Waals surface area contributed by atoms with Gasteiger partial charge in [-0.05, 0) is 65.8 Å². The normalized spacial score (nSPS) is 16.9. The maximum Gasteiger partial charge on any atom is 0.269 e. The average Bonchev–Trinajstić information content (AvgIpc) is 3.38. The third-order valence-electron chi connectivity index (χ3n) is 6.36. The Balaban J connectivity index is 1.44. The van der Waals surface area contributed by atoms with Gasteiger partial charge in [0.25, 0.3) is 11.8 Å². The van der Waals surface area contributed by atoms with Gasteiger partial charge in [0.05, 0.1) is 13.2 Å². The lowest BCUT2D eigenvalue weighted by atomic mass is 10.1. The second-order valence-electron chi connectivity index (χ2n) is 8.66. The van der Waals surface area contributed by atoms with Crippen LogP contribution in [0.15, 0.2) is 65.6 Å². The average molecular weight is 543 g/mol. The molecule has 3 aromatic rings. The van der Waals surface area contributed by atoms with Crippen LogP contribution in [-0.2, 0) is 21.0 Å². The van der Waals surface area contributed by atoms with Crippen LogP contribution in [0.4, 0.5) is 8.78 Å². The van der Waals surface area contributed by atoms with Crippen LogP contribution in [0.3, 0.4) is 0 Å². The summed E-state index contributed by atoms with van der Waals surface area (Å²) in [6.07, 6.45) is 1.91. The van der Waals surface area contributed by atoms with E-state index >= 15 is 0 Å². The third-order valence-corrected chi connectivity index (χ3v) is 7.14. The zero-order valence-corrected chi connectivity index (χ0v) is 22.0. The third kappa shape index (κ3) is 5.98. The van der Waals surface area contributed by atoms with Crippen molar-refractivity contribution in [3.63, 3.8) is 0 Å². The van der Waals surface area contributed by atoms with E-state index in [-0.39, 0.29) is 12.5 Å². The quantitative estimate of drug-likeness (QED) is 0.308. The number of nitrogens with zero attached hydrogens (tertiary/aromatic N) is 1. The van der Waals surface area contributed by atoms with Crippen LogP contribution in [0.25, 0.3) is 11.1 Å². The number of rotatable bonds is 9. The number of amides is 2. The Morgan fingerprint density at radius 3 is 2.47 bits per heavy atom. The molecular formula is C28H28F2N2O5S. The fourth-order valence-electron chi connectivity index (χ4n) is 4.49. The first-order valence-electron chi connectivity index (χ1n) is 11.9. The molecule has 3 aromatic carbocycles. The number of carbonyl (C=O) groups excluding carboxylic acids is 2. The molecule has 0 aliphatic carbocycles. The lowest BCUT2D eigenvalue weighted by Gasteiger charge is -2.26. The van der Waals surface area contributed by atoms with E-state index in [2.05, 4.69) is 5.48 Å². The second kappa shape index (κ2) is 12.4. The van der Waals surface area contributed by atoms with Crippen LogP contribution >= 0.6 is 11.8 Å². The zero-order chi connectivity index (χ0) is 27.2. The number of nitrogens with one attached hydrogen (secondary N) is 1. The van der Waals surface area contributed by atoms with Crippen molar-refractivity contribution in [2.45, 2.75) is 30.1 Å². The van der Waals surface area contributed by atoms with Gasteiger partial charge in [-0.3, -0.25) is 14.4 Å². The van der Waals surface area contributed by atoms with Gasteiger partial charge in [0.2, 0.25) is 0 Å². The minimum Gasteiger partial charge on any atom is -0.489 e. The number of thioether (sulfide) groups is 1. The van der Waals surface area contributed by atoms with E-state index in [4.69, 9.17) is 14.3 Å². The minimum atomic E-state index is -0.898. The van der Waals surface area contributed by atoms with Crippen molar-refractivity contribution < 1.29 is 32.7 Å². The van der Waals surface area contributed by atoms with Gasteiger partial charge < -0.3 is 14.4 Å². The van der Waals surface area contributed by atoms with Crippen molar-refractivity contribution in [3.8, 4) is 16.9 Å². The van der Waals surface area contributed by atoms with Crippen LogP contribution in [0.5, 0.6) is 5.75 Å². The van der Waals surface area contributed by atoms with Crippen molar-refractivity contribution in [1.82, 2.24) is 10.4 Å². The van der Waals surface area contributed by atoms with Crippen LogP contribution in [0, 0.1) is 11.6 Å². The molecule has 0 saturated carbocycles. The maximum atomic E-state index is 13.8. The molecule has 1 fully saturated rings. The predicted molar refractivity (Wildman–Crippen MR) is 140 cm³/mol. The molecule has 0 radical (unpaired) electrons. The lowest BCUT2D eigenvalue weighted by Crippen LogP contribution is -2.50. The number of hydrogen-bond donors (Lipinski definition) is 1. The highest BCUT2D eigenvalue weighted by Gasteiger charge is 2.42. The molecule has 0 spiro atoms. The number of benzene rings is 3. The molecule has 2 atom stereocenters. The van der Waals surface area contributed by atoms with Crippen molar-refractivity contribution in [2.75, 3.05) is 27.0 Å². The van der Waals surface area contributed by atoms with Crippen LogP contribution in [0.2, 0.25) is 0 Å². The largest absolute Gasteiger partial charge is 0.489 e. The minimum absolute atomic E-state index is 0.204. The van der Waals surface area contributed by atoms with Crippen LogP contribution in [-0.4, -0.2) is 55.9 Å². The van der Waals surface area contributed by atoms with Crippen LogP contribution in [0.1, 0.15) is 22.3 Å². The van der Waals surface area contributed by atoms with E-state index in [9.17, 15) is 18.4 Å². The summed E-state index contributed by atoms with van der Waals surface area (Å²) < 4.78 is 38.8.